The van der Waals surface area contributed by atoms with Crippen molar-refractivity contribution < 1.29 is 18.9 Å². The topological polar surface area (TPSA) is 93.2 Å². The van der Waals surface area contributed by atoms with Crippen molar-refractivity contribution in [1.29, 1.82) is 0 Å². The molecule has 2 aliphatic rings. The second-order valence-corrected chi connectivity index (χ2v) is 11.1. The number of nitrogens with zero attached hydrogens (tertiary/aromatic N) is 4. The summed E-state index contributed by atoms with van der Waals surface area (Å²) in [5, 5.41) is 7.42. The molecule has 2 N–H and O–H groups in total. The fourth-order valence-corrected chi connectivity index (χ4v) is 6.44. The van der Waals surface area contributed by atoms with Gasteiger partial charge < -0.3 is 34.5 Å². The van der Waals surface area contributed by atoms with Crippen LogP contribution in [0.4, 0.5) is 17.3 Å². The molecular formula is C30H38Cl2N6O4. The molecule has 2 saturated heterocycles. The highest BCUT2D eigenvalue weighted by Crippen LogP contribution is 2.44. The number of rotatable bonds is 10. The van der Waals surface area contributed by atoms with E-state index in [2.05, 4.69) is 36.5 Å². The van der Waals surface area contributed by atoms with E-state index in [9.17, 15) is 0 Å². The summed E-state index contributed by atoms with van der Waals surface area (Å²) in [6, 6.07) is 8.41. The lowest BCUT2D eigenvalue weighted by Gasteiger charge is -2.41. The Hall–Kier alpha value is -3.18. The molecule has 3 heterocycles. The number of nitrogens with one attached hydrogen (secondary N) is 2. The first-order valence-corrected chi connectivity index (χ1v) is 14.9. The van der Waals surface area contributed by atoms with Gasteiger partial charge in [0, 0.05) is 68.7 Å². The van der Waals surface area contributed by atoms with Crippen molar-refractivity contribution >= 4 is 40.5 Å². The predicted octanol–water partition coefficient (Wildman–Crippen LogP) is 5.57. The zero-order valence-corrected chi connectivity index (χ0v) is 26.0. The predicted molar refractivity (Wildman–Crippen MR) is 167 cm³/mol. The van der Waals surface area contributed by atoms with E-state index in [1.54, 1.807) is 25.6 Å². The summed E-state index contributed by atoms with van der Waals surface area (Å²) in [6.45, 7) is 8.32. The summed E-state index contributed by atoms with van der Waals surface area (Å²) >= 11 is 13.1. The molecule has 0 radical (unpaired) electrons. The van der Waals surface area contributed by atoms with Crippen LogP contribution in [0.5, 0.6) is 23.0 Å². The van der Waals surface area contributed by atoms with Crippen LogP contribution in [0.2, 0.25) is 10.0 Å². The molecule has 5 rings (SSSR count). The molecule has 0 amide bonds. The number of hydrogen-bond donors (Lipinski definition) is 2. The van der Waals surface area contributed by atoms with Crippen LogP contribution in [0.1, 0.15) is 31.4 Å². The minimum atomic E-state index is -0.518. The average molecular weight is 618 g/mol. The first-order chi connectivity index (χ1) is 20.4. The van der Waals surface area contributed by atoms with Crippen LogP contribution in [0.25, 0.3) is 0 Å². The lowest BCUT2D eigenvalue weighted by atomic mass is 10.0. The van der Waals surface area contributed by atoms with Crippen LogP contribution in [-0.4, -0.2) is 81.5 Å². The number of piperidine rings is 1. The average Bonchev–Trinajstić information content (AvgIpc) is 3.02. The van der Waals surface area contributed by atoms with E-state index in [1.165, 1.54) is 14.2 Å². The summed E-state index contributed by atoms with van der Waals surface area (Å²) in [7, 11) is 4.77. The van der Waals surface area contributed by atoms with Crippen molar-refractivity contribution in [2.24, 2.45) is 0 Å². The van der Waals surface area contributed by atoms with Gasteiger partial charge in [-0.25, -0.2) is 9.97 Å². The normalized spacial score (nSPS) is 17.0. The number of benzene rings is 2. The van der Waals surface area contributed by atoms with Gasteiger partial charge in [0.05, 0.1) is 49.5 Å². The van der Waals surface area contributed by atoms with Gasteiger partial charge in [-0.2, -0.15) is 0 Å². The van der Waals surface area contributed by atoms with Crippen LogP contribution in [-0.2, 0) is 0 Å². The van der Waals surface area contributed by atoms with Crippen molar-refractivity contribution in [3.63, 3.8) is 0 Å². The number of halogens is 2. The van der Waals surface area contributed by atoms with Gasteiger partial charge in [0.1, 0.15) is 23.4 Å². The third-order valence-electron chi connectivity index (χ3n) is 7.86. The van der Waals surface area contributed by atoms with Crippen LogP contribution in [0.15, 0.2) is 36.7 Å². The van der Waals surface area contributed by atoms with E-state index in [0.29, 0.717) is 44.8 Å². The molecule has 2 fully saturated rings. The molecule has 2 aliphatic heterocycles. The number of aromatic nitrogens is 2. The summed E-state index contributed by atoms with van der Waals surface area (Å²) in [4.78, 5) is 13.9. The van der Waals surface area contributed by atoms with Crippen molar-refractivity contribution in [2.75, 3.05) is 70.8 Å². The smallest absolute Gasteiger partial charge is 0.227 e. The molecule has 226 valence electrons. The van der Waals surface area contributed by atoms with E-state index in [1.807, 2.05) is 19.1 Å². The van der Waals surface area contributed by atoms with E-state index in [-0.39, 0.29) is 0 Å². The largest absolute Gasteiger partial charge is 0.495 e. The lowest BCUT2D eigenvalue weighted by Crippen LogP contribution is -2.52. The first-order valence-electron chi connectivity index (χ1n) is 14.1. The summed E-state index contributed by atoms with van der Waals surface area (Å²) in [5.41, 5.74) is 2.49. The Balaban J connectivity index is 1.21. The second-order valence-electron chi connectivity index (χ2n) is 10.3. The van der Waals surface area contributed by atoms with Gasteiger partial charge in [-0.3, -0.25) is 4.90 Å². The van der Waals surface area contributed by atoms with Crippen LogP contribution >= 0.6 is 23.2 Å². The molecule has 10 nitrogen and oxygen atoms in total. The van der Waals surface area contributed by atoms with Gasteiger partial charge in [-0.15, -0.1) is 0 Å². The Labute approximate surface area is 257 Å². The number of anilines is 3. The van der Waals surface area contributed by atoms with E-state index >= 15 is 0 Å². The monoisotopic (exact) mass is 616 g/mol. The molecule has 1 unspecified atom stereocenters. The Kier molecular flexibility index (Phi) is 9.99. The molecule has 3 aromatic rings. The molecular weight excluding hydrogens is 579 g/mol. The van der Waals surface area contributed by atoms with Crippen molar-refractivity contribution in [3.05, 3.63) is 52.3 Å². The quantitative estimate of drug-likeness (QED) is 0.301. The van der Waals surface area contributed by atoms with Gasteiger partial charge in [0.25, 0.3) is 0 Å². The maximum Gasteiger partial charge on any atom is 0.227 e. The van der Waals surface area contributed by atoms with Gasteiger partial charge in [-0.05, 0) is 31.9 Å². The minimum absolute atomic E-state index is 0.358. The number of hydrogen-bond acceptors (Lipinski definition) is 10. The maximum absolute atomic E-state index is 6.54. The number of methoxy groups -OCH3 is 3. The van der Waals surface area contributed by atoms with Gasteiger partial charge >= 0.3 is 0 Å². The zero-order chi connectivity index (χ0) is 29.6. The first kappa shape index (κ1) is 30.3. The van der Waals surface area contributed by atoms with Crippen LogP contribution in [0.3, 0.4) is 0 Å². The van der Waals surface area contributed by atoms with E-state index in [0.717, 1.165) is 69.2 Å². The van der Waals surface area contributed by atoms with Gasteiger partial charge in [0.2, 0.25) is 5.95 Å². The number of ether oxygens (including phenoxy) is 4. The van der Waals surface area contributed by atoms with E-state index in [4.69, 9.17) is 42.1 Å². The molecule has 12 heteroatoms. The molecule has 2 aromatic carbocycles. The van der Waals surface area contributed by atoms with Gasteiger partial charge in [-0.1, -0.05) is 23.2 Å². The molecule has 0 aliphatic carbocycles. The minimum Gasteiger partial charge on any atom is -0.495 e. The Morgan fingerprint density at radius 2 is 1.50 bits per heavy atom. The van der Waals surface area contributed by atoms with Crippen LogP contribution < -0.4 is 34.5 Å². The molecule has 1 atom stereocenters. The number of piperazine rings is 1. The highest BCUT2D eigenvalue weighted by Gasteiger charge is 2.27. The Morgan fingerprint density at radius 3 is 2.10 bits per heavy atom. The summed E-state index contributed by atoms with van der Waals surface area (Å²) in [6.07, 6.45) is 5.00. The standard InChI is InChI=1S/C30H38Cl2N6O4/c1-19(27-28(31)25(40-3)16-26(41-4)29(27)32)42-22-17-34-30(35-18-22)36-20-5-6-23(24(15-20)39-2)38-11-7-21(8-12-38)37-13-9-33-10-14-37/h5-6,15-19,21,33H,7-14H2,1-4H3,(H,34,35,36). The van der Waals surface area contributed by atoms with E-state index < -0.39 is 6.10 Å². The van der Waals surface area contributed by atoms with Crippen LogP contribution in [0, 0.1) is 0 Å². The maximum atomic E-state index is 6.54. The van der Waals surface area contributed by atoms with Crippen molar-refractivity contribution in [1.82, 2.24) is 20.2 Å². The molecule has 42 heavy (non-hydrogen) atoms. The highest BCUT2D eigenvalue weighted by atomic mass is 35.5. The van der Waals surface area contributed by atoms with Gasteiger partial charge in [0.15, 0.2) is 5.75 Å². The highest BCUT2D eigenvalue weighted by molar-refractivity contribution is 6.38. The molecule has 0 saturated carbocycles. The summed E-state index contributed by atoms with van der Waals surface area (Å²) in [5.74, 6) is 2.59. The second kappa shape index (κ2) is 13.9. The third-order valence-corrected chi connectivity index (χ3v) is 8.64. The Bertz CT molecular complexity index is 1320. The SMILES string of the molecule is COc1cc(Nc2ncc(OC(C)c3c(Cl)c(OC)cc(OC)c3Cl)cn2)ccc1N1CCC(N2CCNCC2)CC1. The van der Waals surface area contributed by atoms with Crippen molar-refractivity contribution in [2.45, 2.75) is 31.9 Å². The third kappa shape index (κ3) is 6.72. The Morgan fingerprint density at radius 1 is 0.881 bits per heavy atom. The van der Waals surface area contributed by atoms with Crippen molar-refractivity contribution in [3.8, 4) is 23.0 Å². The molecule has 0 bridgehead atoms. The fourth-order valence-electron chi connectivity index (χ4n) is 5.63. The fraction of sp³-hybridized carbons (Fsp3) is 0.467. The lowest BCUT2D eigenvalue weighted by molar-refractivity contribution is 0.150. The molecule has 1 aromatic heterocycles. The zero-order valence-electron chi connectivity index (χ0n) is 24.5. The molecule has 0 spiro atoms. The summed E-state index contributed by atoms with van der Waals surface area (Å²) < 4.78 is 22.6.